The predicted octanol–water partition coefficient (Wildman–Crippen LogP) is 2.13. The van der Waals surface area contributed by atoms with E-state index in [0.29, 0.717) is 17.0 Å². The van der Waals surface area contributed by atoms with Crippen LogP contribution in [0.4, 0.5) is 10.1 Å². The molecule has 0 aliphatic carbocycles. The van der Waals surface area contributed by atoms with Crippen molar-refractivity contribution in [2.24, 2.45) is 0 Å². The number of fused-ring (bicyclic) bond motifs is 1. The van der Waals surface area contributed by atoms with Gasteiger partial charge < -0.3 is 5.73 Å². The minimum Gasteiger partial charge on any atom is -0.396 e. The molecule has 6 heteroatoms. The van der Waals surface area contributed by atoms with Crippen LogP contribution in [0.3, 0.4) is 0 Å². The highest BCUT2D eigenvalue weighted by Gasteiger charge is 2.12. The highest BCUT2D eigenvalue weighted by molar-refractivity contribution is 5.64. The summed E-state index contributed by atoms with van der Waals surface area (Å²) in [6.45, 7) is 3.77. The molecule has 96 valence electrons. The Hall–Kier alpha value is -2.50. The maximum Gasteiger partial charge on any atom is 0.169 e. The van der Waals surface area contributed by atoms with Crippen LogP contribution in [0, 0.1) is 19.7 Å². The Morgan fingerprint density at radius 3 is 2.68 bits per heavy atom. The average molecular weight is 257 g/mol. The molecule has 0 radical (unpaired) electrons. The SMILES string of the molecule is Cc1cc2nnc(-c3ccc(F)c(N)c3)n2c(C)n1. The summed E-state index contributed by atoms with van der Waals surface area (Å²) in [5, 5.41) is 8.24. The molecule has 2 N–H and O–H groups in total. The van der Waals surface area contributed by atoms with Crippen LogP contribution in [0.2, 0.25) is 0 Å². The summed E-state index contributed by atoms with van der Waals surface area (Å²) in [5.74, 6) is 0.938. The number of aromatic nitrogens is 4. The van der Waals surface area contributed by atoms with Gasteiger partial charge in [-0.2, -0.15) is 0 Å². The minimum absolute atomic E-state index is 0.0898. The van der Waals surface area contributed by atoms with Crippen LogP contribution in [-0.2, 0) is 0 Å². The second kappa shape index (κ2) is 4.01. The lowest BCUT2D eigenvalue weighted by atomic mass is 10.2. The van der Waals surface area contributed by atoms with Crippen molar-refractivity contribution >= 4 is 11.3 Å². The smallest absolute Gasteiger partial charge is 0.169 e. The van der Waals surface area contributed by atoms with E-state index in [4.69, 9.17) is 5.73 Å². The number of benzene rings is 1. The number of nitrogens with two attached hydrogens (primary N) is 1. The summed E-state index contributed by atoms with van der Waals surface area (Å²) >= 11 is 0. The van der Waals surface area contributed by atoms with Gasteiger partial charge in [0.2, 0.25) is 0 Å². The number of anilines is 1. The topological polar surface area (TPSA) is 69.1 Å². The fourth-order valence-corrected chi connectivity index (χ4v) is 2.10. The van der Waals surface area contributed by atoms with Crippen molar-refractivity contribution in [2.75, 3.05) is 5.73 Å². The second-order valence-corrected chi connectivity index (χ2v) is 4.40. The molecular weight excluding hydrogens is 245 g/mol. The van der Waals surface area contributed by atoms with Gasteiger partial charge in [0.1, 0.15) is 11.6 Å². The van der Waals surface area contributed by atoms with Gasteiger partial charge in [-0.05, 0) is 32.0 Å². The zero-order valence-corrected chi connectivity index (χ0v) is 10.6. The van der Waals surface area contributed by atoms with Gasteiger partial charge in [0, 0.05) is 17.3 Å². The molecule has 19 heavy (non-hydrogen) atoms. The van der Waals surface area contributed by atoms with E-state index in [1.54, 1.807) is 12.1 Å². The summed E-state index contributed by atoms with van der Waals surface area (Å²) in [7, 11) is 0. The van der Waals surface area contributed by atoms with Crippen LogP contribution in [-0.4, -0.2) is 19.6 Å². The molecule has 0 spiro atoms. The molecule has 0 fully saturated rings. The Morgan fingerprint density at radius 1 is 1.16 bits per heavy atom. The number of hydrogen-bond acceptors (Lipinski definition) is 4. The number of nitrogen functional groups attached to an aromatic ring is 1. The van der Waals surface area contributed by atoms with Crippen molar-refractivity contribution in [3.63, 3.8) is 0 Å². The lowest BCUT2D eigenvalue weighted by Gasteiger charge is -2.05. The maximum atomic E-state index is 13.2. The molecule has 1 aromatic carbocycles. The van der Waals surface area contributed by atoms with Gasteiger partial charge in [0.15, 0.2) is 11.5 Å². The quantitative estimate of drug-likeness (QED) is 0.678. The Labute approximate surface area is 108 Å². The van der Waals surface area contributed by atoms with E-state index < -0.39 is 5.82 Å². The third kappa shape index (κ3) is 1.81. The molecule has 3 aromatic rings. The fourth-order valence-electron chi connectivity index (χ4n) is 2.10. The largest absolute Gasteiger partial charge is 0.396 e. The van der Waals surface area contributed by atoms with Crippen molar-refractivity contribution in [1.82, 2.24) is 19.6 Å². The second-order valence-electron chi connectivity index (χ2n) is 4.40. The normalized spacial score (nSPS) is 11.1. The number of hydrogen-bond donors (Lipinski definition) is 1. The molecule has 0 saturated carbocycles. The third-order valence-corrected chi connectivity index (χ3v) is 2.94. The molecule has 0 unspecified atom stereocenters. The van der Waals surface area contributed by atoms with Gasteiger partial charge in [-0.15, -0.1) is 10.2 Å². The van der Waals surface area contributed by atoms with Gasteiger partial charge in [-0.25, -0.2) is 9.37 Å². The van der Waals surface area contributed by atoms with E-state index in [0.717, 1.165) is 11.5 Å². The highest BCUT2D eigenvalue weighted by Crippen LogP contribution is 2.23. The first kappa shape index (κ1) is 11.6. The van der Waals surface area contributed by atoms with Crippen LogP contribution >= 0.6 is 0 Å². The van der Waals surface area contributed by atoms with Gasteiger partial charge >= 0.3 is 0 Å². The average Bonchev–Trinajstić information content (AvgIpc) is 2.76. The van der Waals surface area contributed by atoms with E-state index >= 15 is 0 Å². The predicted molar refractivity (Wildman–Crippen MR) is 70.1 cm³/mol. The van der Waals surface area contributed by atoms with Crippen molar-refractivity contribution in [3.05, 3.63) is 41.6 Å². The molecule has 0 saturated heterocycles. The van der Waals surface area contributed by atoms with Gasteiger partial charge in [-0.3, -0.25) is 4.40 Å². The summed E-state index contributed by atoms with van der Waals surface area (Å²) in [4.78, 5) is 4.38. The van der Waals surface area contributed by atoms with Crippen LogP contribution in [0.25, 0.3) is 17.0 Å². The molecule has 0 atom stereocenters. The molecule has 0 aliphatic heterocycles. The summed E-state index contributed by atoms with van der Waals surface area (Å²) in [5.41, 5.74) is 7.97. The van der Waals surface area contributed by atoms with E-state index in [9.17, 15) is 4.39 Å². The van der Waals surface area contributed by atoms with Gasteiger partial charge in [0.05, 0.1) is 5.69 Å². The molecule has 2 heterocycles. The Balaban J connectivity index is 2.28. The van der Waals surface area contributed by atoms with Gasteiger partial charge in [-0.1, -0.05) is 0 Å². The van der Waals surface area contributed by atoms with E-state index in [1.165, 1.54) is 6.07 Å². The first-order valence-corrected chi connectivity index (χ1v) is 5.81. The lowest BCUT2D eigenvalue weighted by Crippen LogP contribution is -2.00. The number of aryl methyl sites for hydroxylation is 2. The van der Waals surface area contributed by atoms with Crippen molar-refractivity contribution in [2.45, 2.75) is 13.8 Å². The maximum absolute atomic E-state index is 13.2. The van der Waals surface area contributed by atoms with E-state index in [-0.39, 0.29) is 5.69 Å². The fraction of sp³-hybridized carbons (Fsp3) is 0.154. The van der Waals surface area contributed by atoms with Crippen molar-refractivity contribution in [3.8, 4) is 11.4 Å². The van der Waals surface area contributed by atoms with Crippen LogP contribution < -0.4 is 5.73 Å². The van der Waals surface area contributed by atoms with E-state index in [1.807, 2.05) is 24.3 Å². The van der Waals surface area contributed by atoms with E-state index in [2.05, 4.69) is 15.2 Å². The van der Waals surface area contributed by atoms with Crippen LogP contribution in [0.15, 0.2) is 24.3 Å². The zero-order valence-electron chi connectivity index (χ0n) is 10.6. The molecular formula is C13H12FN5. The first-order valence-electron chi connectivity index (χ1n) is 5.81. The highest BCUT2D eigenvalue weighted by atomic mass is 19.1. The summed E-state index contributed by atoms with van der Waals surface area (Å²) < 4.78 is 15.0. The van der Waals surface area contributed by atoms with Crippen LogP contribution in [0.1, 0.15) is 11.5 Å². The summed E-state index contributed by atoms with van der Waals surface area (Å²) in [6.07, 6.45) is 0. The first-order chi connectivity index (χ1) is 9.06. The summed E-state index contributed by atoms with van der Waals surface area (Å²) in [6, 6.07) is 6.34. The molecule has 3 rings (SSSR count). The Bertz CT molecular complexity index is 778. The minimum atomic E-state index is -0.441. The lowest BCUT2D eigenvalue weighted by molar-refractivity contribution is 0.632. The molecule has 5 nitrogen and oxygen atoms in total. The van der Waals surface area contributed by atoms with Crippen LogP contribution in [0.5, 0.6) is 0 Å². The standard InChI is InChI=1S/C13H12FN5/c1-7-5-12-17-18-13(19(12)8(2)16-7)9-3-4-10(14)11(15)6-9/h3-6H,15H2,1-2H3. The van der Waals surface area contributed by atoms with Crippen molar-refractivity contribution < 1.29 is 4.39 Å². The Morgan fingerprint density at radius 2 is 1.95 bits per heavy atom. The third-order valence-electron chi connectivity index (χ3n) is 2.94. The van der Waals surface area contributed by atoms with Gasteiger partial charge in [0.25, 0.3) is 0 Å². The number of rotatable bonds is 1. The monoisotopic (exact) mass is 257 g/mol. The zero-order chi connectivity index (χ0) is 13.6. The number of halogens is 1. The molecule has 0 aliphatic rings. The molecule has 0 bridgehead atoms. The molecule has 0 amide bonds. The Kier molecular flexibility index (Phi) is 2.45. The van der Waals surface area contributed by atoms with Crippen molar-refractivity contribution in [1.29, 1.82) is 0 Å². The molecule has 2 aromatic heterocycles. The number of nitrogens with zero attached hydrogens (tertiary/aromatic N) is 4.